The first-order chi connectivity index (χ1) is 14.9. The number of halogens is 3. The monoisotopic (exact) mass is 492 g/mol. The van der Waals surface area contributed by atoms with Gasteiger partial charge in [0.25, 0.3) is 5.95 Å². The summed E-state index contributed by atoms with van der Waals surface area (Å²) in [6.45, 7) is 10.7. The lowest BCUT2D eigenvalue weighted by Crippen LogP contribution is -2.46. The van der Waals surface area contributed by atoms with Crippen LogP contribution in [0.25, 0.3) is 12.0 Å². The number of hydrogen-bond acceptors (Lipinski definition) is 5. The van der Waals surface area contributed by atoms with Gasteiger partial charge < -0.3 is 4.90 Å². The van der Waals surface area contributed by atoms with E-state index >= 15 is 0 Å². The highest BCUT2D eigenvalue weighted by Gasteiger charge is 2.18. The van der Waals surface area contributed by atoms with Crippen molar-refractivity contribution in [2.24, 2.45) is 0 Å². The lowest BCUT2D eigenvalue weighted by atomic mass is 10.2. The van der Waals surface area contributed by atoms with E-state index in [2.05, 4.69) is 37.0 Å². The number of rotatable bonds is 5. The van der Waals surface area contributed by atoms with E-state index in [1.54, 1.807) is 4.68 Å². The molecule has 0 N–H and O–H groups in total. The Kier molecular flexibility index (Phi) is 8.17. The summed E-state index contributed by atoms with van der Waals surface area (Å²) in [6.07, 6.45) is 6.19. The summed E-state index contributed by atoms with van der Waals surface area (Å²) in [5.41, 5.74) is 5.00. The first-order valence-corrected chi connectivity index (χ1v) is 11.1. The van der Waals surface area contributed by atoms with Crippen LogP contribution in [0.1, 0.15) is 22.6 Å². The van der Waals surface area contributed by atoms with E-state index < -0.39 is 0 Å². The topological polar surface area (TPSA) is 50.1 Å². The van der Waals surface area contributed by atoms with Gasteiger partial charge in [-0.3, -0.25) is 4.90 Å². The summed E-state index contributed by atoms with van der Waals surface area (Å²) in [4.78, 5) is 13.7. The van der Waals surface area contributed by atoms with Crippen molar-refractivity contribution in [1.82, 2.24) is 24.6 Å². The van der Waals surface area contributed by atoms with Crippen LogP contribution in [0.4, 0.5) is 5.69 Å². The number of aryl methyl sites for hydroxylation is 2. The highest BCUT2D eigenvalue weighted by Crippen LogP contribution is 2.29. The Morgan fingerprint density at radius 2 is 1.66 bits per heavy atom. The maximum atomic E-state index is 6.35. The van der Waals surface area contributed by atoms with E-state index in [1.807, 2.05) is 51.2 Å². The lowest BCUT2D eigenvalue weighted by Gasteiger charge is -2.36. The Bertz CT molecular complexity index is 1080. The van der Waals surface area contributed by atoms with Gasteiger partial charge in [-0.2, -0.15) is 5.10 Å². The SMILES string of the molecule is Cc1cc(C)nc(-n2ncc(C=CCN3CCN(c4cc(Cl)ccc4Cl)CC3)c2C)n1.Cl. The van der Waals surface area contributed by atoms with Crippen LogP contribution < -0.4 is 4.90 Å². The molecule has 1 aliphatic rings. The van der Waals surface area contributed by atoms with Crippen molar-refractivity contribution < 1.29 is 0 Å². The summed E-state index contributed by atoms with van der Waals surface area (Å²) < 4.78 is 1.80. The average molecular weight is 494 g/mol. The minimum Gasteiger partial charge on any atom is -0.368 e. The zero-order valence-electron chi connectivity index (χ0n) is 18.4. The summed E-state index contributed by atoms with van der Waals surface area (Å²) in [5.74, 6) is 0.616. The fraction of sp³-hybridized carbons (Fsp3) is 0.348. The molecule has 170 valence electrons. The highest BCUT2D eigenvalue weighted by molar-refractivity contribution is 6.35. The van der Waals surface area contributed by atoms with Gasteiger partial charge in [0.05, 0.1) is 22.6 Å². The van der Waals surface area contributed by atoms with E-state index in [-0.39, 0.29) is 12.4 Å². The molecule has 1 saturated heterocycles. The van der Waals surface area contributed by atoms with Crippen molar-refractivity contribution >= 4 is 47.4 Å². The fourth-order valence-electron chi connectivity index (χ4n) is 3.82. The zero-order chi connectivity index (χ0) is 22.0. The quantitative estimate of drug-likeness (QED) is 0.492. The molecular weight excluding hydrogens is 467 g/mol. The van der Waals surface area contributed by atoms with Gasteiger partial charge in [0.1, 0.15) is 0 Å². The Morgan fingerprint density at radius 3 is 2.34 bits per heavy atom. The van der Waals surface area contributed by atoms with Crippen molar-refractivity contribution in [3.05, 3.63) is 69.2 Å². The van der Waals surface area contributed by atoms with E-state index in [0.717, 1.165) is 66.1 Å². The molecule has 1 fully saturated rings. The molecule has 2 aromatic heterocycles. The largest absolute Gasteiger partial charge is 0.368 e. The third kappa shape index (κ3) is 5.62. The van der Waals surface area contributed by atoms with E-state index in [9.17, 15) is 0 Å². The molecular formula is C23H27Cl3N6. The predicted molar refractivity (Wildman–Crippen MR) is 135 cm³/mol. The molecule has 32 heavy (non-hydrogen) atoms. The molecule has 4 rings (SSSR count). The number of aromatic nitrogens is 4. The number of hydrogen-bond donors (Lipinski definition) is 0. The van der Waals surface area contributed by atoms with Crippen LogP contribution in [0.2, 0.25) is 10.0 Å². The molecule has 1 aliphatic heterocycles. The number of piperazine rings is 1. The summed E-state index contributed by atoms with van der Waals surface area (Å²) >= 11 is 12.5. The highest BCUT2D eigenvalue weighted by atomic mass is 35.5. The van der Waals surface area contributed by atoms with Crippen LogP contribution in [-0.4, -0.2) is 57.4 Å². The molecule has 0 bridgehead atoms. The molecule has 0 radical (unpaired) electrons. The van der Waals surface area contributed by atoms with Gasteiger partial charge in [-0.25, -0.2) is 14.6 Å². The van der Waals surface area contributed by atoms with Gasteiger partial charge >= 0.3 is 0 Å². The lowest BCUT2D eigenvalue weighted by molar-refractivity contribution is 0.284. The van der Waals surface area contributed by atoms with Crippen molar-refractivity contribution in [2.45, 2.75) is 20.8 Å². The van der Waals surface area contributed by atoms with Crippen LogP contribution in [0.15, 0.2) is 36.5 Å². The Morgan fingerprint density at radius 1 is 0.969 bits per heavy atom. The molecule has 0 aliphatic carbocycles. The Labute approximate surface area is 205 Å². The minimum absolute atomic E-state index is 0. The van der Waals surface area contributed by atoms with Gasteiger partial charge in [-0.05, 0) is 45.0 Å². The first-order valence-electron chi connectivity index (χ1n) is 10.4. The van der Waals surface area contributed by atoms with Crippen LogP contribution in [-0.2, 0) is 0 Å². The molecule has 0 saturated carbocycles. The van der Waals surface area contributed by atoms with E-state index in [1.165, 1.54) is 0 Å². The van der Waals surface area contributed by atoms with Crippen LogP contribution in [0, 0.1) is 20.8 Å². The Hall–Kier alpha value is -2.12. The standard InChI is InChI=1S/C23H26Cl2N6.ClH/c1-16-13-17(2)28-23(27-16)31-18(3)19(15-26-31)5-4-8-29-9-11-30(12-10-29)22-14-20(24)6-7-21(22)25;/h4-7,13-15H,8-12H2,1-3H3;1H. The van der Waals surface area contributed by atoms with Crippen molar-refractivity contribution in [3.63, 3.8) is 0 Å². The second kappa shape index (κ2) is 10.7. The third-order valence-corrected chi connectivity index (χ3v) is 6.04. The van der Waals surface area contributed by atoms with Gasteiger partial charge in [0.2, 0.25) is 0 Å². The molecule has 3 aromatic rings. The van der Waals surface area contributed by atoms with Crippen LogP contribution in [0.3, 0.4) is 0 Å². The number of nitrogens with zero attached hydrogens (tertiary/aromatic N) is 6. The maximum Gasteiger partial charge on any atom is 0.251 e. The third-order valence-electron chi connectivity index (χ3n) is 5.49. The van der Waals surface area contributed by atoms with Crippen molar-refractivity contribution in [3.8, 4) is 5.95 Å². The second-order valence-electron chi connectivity index (χ2n) is 7.83. The normalized spacial score (nSPS) is 14.7. The van der Waals surface area contributed by atoms with Gasteiger partial charge in [-0.15, -0.1) is 12.4 Å². The molecule has 0 amide bonds. The van der Waals surface area contributed by atoms with Crippen LogP contribution in [0.5, 0.6) is 0 Å². The Balaban J connectivity index is 0.00000289. The molecule has 9 heteroatoms. The van der Waals surface area contributed by atoms with Crippen molar-refractivity contribution in [1.29, 1.82) is 0 Å². The summed E-state index contributed by atoms with van der Waals surface area (Å²) in [5, 5.41) is 5.95. The predicted octanol–water partition coefficient (Wildman–Crippen LogP) is 5.15. The molecule has 0 unspecified atom stereocenters. The molecule has 0 atom stereocenters. The van der Waals surface area contributed by atoms with Gasteiger partial charge in [-0.1, -0.05) is 35.4 Å². The first kappa shape index (κ1) is 24.5. The molecule has 3 heterocycles. The molecule has 0 spiro atoms. The zero-order valence-corrected chi connectivity index (χ0v) is 20.8. The maximum absolute atomic E-state index is 6.35. The number of anilines is 1. The summed E-state index contributed by atoms with van der Waals surface area (Å²) in [6, 6.07) is 7.59. The van der Waals surface area contributed by atoms with E-state index in [4.69, 9.17) is 23.2 Å². The van der Waals surface area contributed by atoms with E-state index in [0.29, 0.717) is 11.0 Å². The minimum atomic E-state index is 0. The van der Waals surface area contributed by atoms with Crippen LogP contribution >= 0.6 is 35.6 Å². The van der Waals surface area contributed by atoms with Crippen molar-refractivity contribution in [2.75, 3.05) is 37.6 Å². The molecule has 6 nitrogen and oxygen atoms in total. The fourth-order valence-corrected chi connectivity index (χ4v) is 4.22. The van der Waals surface area contributed by atoms with Gasteiger partial charge in [0, 0.05) is 54.7 Å². The molecule has 1 aromatic carbocycles. The average Bonchev–Trinajstić information content (AvgIpc) is 3.10. The number of benzene rings is 1. The second-order valence-corrected chi connectivity index (χ2v) is 8.68. The van der Waals surface area contributed by atoms with Gasteiger partial charge in [0.15, 0.2) is 0 Å². The summed E-state index contributed by atoms with van der Waals surface area (Å²) in [7, 11) is 0. The smallest absolute Gasteiger partial charge is 0.251 e.